The van der Waals surface area contributed by atoms with Crippen molar-refractivity contribution >= 4 is 5.69 Å². The van der Waals surface area contributed by atoms with Gasteiger partial charge in [-0.2, -0.15) is 0 Å². The van der Waals surface area contributed by atoms with Crippen LogP contribution in [0.5, 0.6) is 0 Å². The Balaban J connectivity index is 1.90. The van der Waals surface area contributed by atoms with Crippen LogP contribution in [-0.2, 0) is 6.42 Å². The molecule has 2 rings (SSSR count). The van der Waals surface area contributed by atoms with Crippen molar-refractivity contribution in [3.63, 3.8) is 0 Å². The van der Waals surface area contributed by atoms with Crippen molar-refractivity contribution in [3.8, 4) is 0 Å². The normalized spacial score (nSPS) is 10.2. The summed E-state index contributed by atoms with van der Waals surface area (Å²) >= 11 is 0. The number of pyridine rings is 1. The zero-order valence-electron chi connectivity index (χ0n) is 9.16. The molecule has 0 aliphatic heterocycles. The molecule has 2 aromatic rings. The summed E-state index contributed by atoms with van der Waals surface area (Å²) in [6.45, 7) is 0.583. The van der Waals surface area contributed by atoms with Crippen molar-refractivity contribution in [1.29, 1.82) is 0 Å². The molecule has 0 radical (unpaired) electrons. The molecule has 0 aliphatic carbocycles. The summed E-state index contributed by atoms with van der Waals surface area (Å²) in [5.74, 6) is -1.16. The van der Waals surface area contributed by atoms with E-state index in [-0.39, 0.29) is 0 Å². The Morgan fingerprint density at radius 1 is 1.06 bits per heavy atom. The molecule has 4 heteroatoms. The SMILES string of the molecule is Fc1cc(F)cc(NCCc2ccccn2)c1. The fraction of sp³-hybridized carbons (Fsp3) is 0.154. The van der Waals surface area contributed by atoms with Gasteiger partial charge in [-0.3, -0.25) is 4.98 Å². The van der Waals surface area contributed by atoms with Crippen LogP contribution >= 0.6 is 0 Å². The van der Waals surface area contributed by atoms with Crippen LogP contribution in [0, 0.1) is 11.6 Å². The highest BCUT2D eigenvalue weighted by atomic mass is 19.1. The number of rotatable bonds is 4. The highest BCUT2D eigenvalue weighted by Gasteiger charge is 2.00. The van der Waals surface area contributed by atoms with Crippen LogP contribution in [0.1, 0.15) is 5.69 Å². The van der Waals surface area contributed by atoms with Crippen LogP contribution < -0.4 is 5.32 Å². The maximum Gasteiger partial charge on any atom is 0.128 e. The van der Waals surface area contributed by atoms with Gasteiger partial charge in [0, 0.05) is 36.6 Å². The van der Waals surface area contributed by atoms with Gasteiger partial charge in [0.05, 0.1) is 0 Å². The van der Waals surface area contributed by atoms with Crippen molar-refractivity contribution in [3.05, 3.63) is 59.9 Å². The summed E-state index contributed by atoms with van der Waals surface area (Å²) in [6, 6.07) is 9.05. The molecule has 17 heavy (non-hydrogen) atoms. The quantitative estimate of drug-likeness (QED) is 0.879. The van der Waals surface area contributed by atoms with Crippen molar-refractivity contribution in [2.45, 2.75) is 6.42 Å². The number of hydrogen-bond acceptors (Lipinski definition) is 2. The Morgan fingerprint density at radius 2 is 1.82 bits per heavy atom. The topological polar surface area (TPSA) is 24.9 Å². The lowest BCUT2D eigenvalue weighted by atomic mass is 10.2. The summed E-state index contributed by atoms with van der Waals surface area (Å²) in [5, 5.41) is 2.95. The number of halogens is 2. The molecule has 0 atom stereocenters. The minimum Gasteiger partial charge on any atom is -0.384 e. The Morgan fingerprint density at radius 3 is 2.47 bits per heavy atom. The Kier molecular flexibility index (Phi) is 3.65. The van der Waals surface area contributed by atoms with Gasteiger partial charge in [-0.25, -0.2) is 8.78 Å². The van der Waals surface area contributed by atoms with E-state index in [0.717, 1.165) is 11.8 Å². The van der Waals surface area contributed by atoms with Crippen LogP contribution in [0.2, 0.25) is 0 Å². The molecule has 0 fully saturated rings. The molecule has 0 amide bonds. The van der Waals surface area contributed by atoms with Crippen LogP contribution in [-0.4, -0.2) is 11.5 Å². The Hall–Kier alpha value is -1.97. The average molecular weight is 234 g/mol. The van der Waals surface area contributed by atoms with E-state index < -0.39 is 11.6 Å². The van der Waals surface area contributed by atoms with Crippen LogP contribution in [0.4, 0.5) is 14.5 Å². The average Bonchev–Trinajstić information content (AvgIpc) is 2.29. The number of nitrogens with one attached hydrogen (secondary N) is 1. The Bertz CT molecular complexity index is 466. The third-order valence-corrected chi connectivity index (χ3v) is 2.30. The molecule has 0 unspecified atom stereocenters. The van der Waals surface area contributed by atoms with Crippen LogP contribution in [0.15, 0.2) is 42.6 Å². The van der Waals surface area contributed by atoms with Crippen LogP contribution in [0.25, 0.3) is 0 Å². The fourth-order valence-corrected chi connectivity index (χ4v) is 1.54. The summed E-state index contributed by atoms with van der Waals surface area (Å²) < 4.78 is 25.8. The predicted octanol–water partition coefficient (Wildman–Crippen LogP) is 3.01. The molecule has 1 heterocycles. The second-order valence-corrected chi connectivity index (χ2v) is 3.66. The van der Waals surface area contributed by atoms with Gasteiger partial charge in [-0.1, -0.05) is 6.07 Å². The molecule has 88 valence electrons. The van der Waals surface area contributed by atoms with Gasteiger partial charge in [0.25, 0.3) is 0 Å². The maximum atomic E-state index is 12.9. The number of nitrogens with zero attached hydrogens (tertiary/aromatic N) is 1. The molecular formula is C13H12F2N2. The number of hydrogen-bond donors (Lipinski definition) is 1. The van der Waals surface area contributed by atoms with Gasteiger partial charge in [0.2, 0.25) is 0 Å². The Labute approximate surface area is 98.3 Å². The van der Waals surface area contributed by atoms with E-state index in [1.54, 1.807) is 6.20 Å². The fourth-order valence-electron chi connectivity index (χ4n) is 1.54. The lowest BCUT2D eigenvalue weighted by Crippen LogP contribution is -2.06. The molecule has 0 bridgehead atoms. The van der Waals surface area contributed by atoms with E-state index >= 15 is 0 Å². The molecule has 1 N–H and O–H groups in total. The largest absolute Gasteiger partial charge is 0.384 e. The molecule has 0 spiro atoms. The second-order valence-electron chi connectivity index (χ2n) is 3.66. The van der Waals surface area contributed by atoms with Crippen molar-refractivity contribution in [1.82, 2.24) is 4.98 Å². The summed E-state index contributed by atoms with van der Waals surface area (Å²) in [4.78, 5) is 4.16. The summed E-state index contributed by atoms with van der Waals surface area (Å²) in [6.07, 6.45) is 2.43. The maximum absolute atomic E-state index is 12.9. The van der Waals surface area contributed by atoms with Gasteiger partial charge in [0.15, 0.2) is 0 Å². The first kappa shape index (κ1) is 11.5. The van der Waals surface area contributed by atoms with E-state index in [2.05, 4.69) is 10.3 Å². The molecule has 0 aliphatic rings. The summed E-state index contributed by atoms with van der Waals surface area (Å²) in [7, 11) is 0. The summed E-state index contributed by atoms with van der Waals surface area (Å²) in [5.41, 5.74) is 1.38. The molecule has 0 saturated heterocycles. The predicted molar refractivity (Wildman–Crippen MR) is 62.8 cm³/mol. The molecular weight excluding hydrogens is 222 g/mol. The van der Waals surface area contributed by atoms with Crippen molar-refractivity contribution in [2.75, 3.05) is 11.9 Å². The van der Waals surface area contributed by atoms with Crippen molar-refractivity contribution in [2.24, 2.45) is 0 Å². The monoisotopic (exact) mass is 234 g/mol. The van der Waals surface area contributed by atoms with Gasteiger partial charge >= 0.3 is 0 Å². The minimum absolute atomic E-state index is 0.443. The van der Waals surface area contributed by atoms with Gasteiger partial charge in [0.1, 0.15) is 11.6 Å². The zero-order valence-corrected chi connectivity index (χ0v) is 9.16. The van der Waals surface area contributed by atoms with Gasteiger partial charge in [-0.15, -0.1) is 0 Å². The van der Waals surface area contributed by atoms with E-state index in [1.165, 1.54) is 12.1 Å². The third-order valence-electron chi connectivity index (χ3n) is 2.30. The lowest BCUT2D eigenvalue weighted by Gasteiger charge is -2.06. The lowest BCUT2D eigenvalue weighted by molar-refractivity contribution is 0.584. The van der Waals surface area contributed by atoms with Crippen LogP contribution in [0.3, 0.4) is 0 Å². The smallest absolute Gasteiger partial charge is 0.128 e. The van der Waals surface area contributed by atoms with Crippen molar-refractivity contribution < 1.29 is 8.78 Å². The van der Waals surface area contributed by atoms with Gasteiger partial charge < -0.3 is 5.32 Å². The van der Waals surface area contributed by atoms with Gasteiger partial charge in [-0.05, 0) is 24.3 Å². The first-order valence-electron chi connectivity index (χ1n) is 5.34. The first-order chi connectivity index (χ1) is 8.24. The van der Waals surface area contributed by atoms with E-state index in [1.807, 2.05) is 18.2 Å². The van der Waals surface area contributed by atoms with E-state index in [9.17, 15) is 8.78 Å². The third kappa shape index (κ3) is 3.52. The first-order valence-corrected chi connectivity index (χ1v) is 5.34. The minimum atomic E-state index is -0.578. The molecule has 1 aromatic carbocycles. The number of benzene rings is 1. The number of aromatic nitrogens is 1. The highest BCUT2D eigenvalue weighted by molar-refractivity contribution is 5.43. The molecule has 2 nitrogen and oxygen atoms in total. The molecule has 0 saturated carbocycles. The standard InChI is InChI=1S/C13H12F2N2/c14-10-7-11(15)9-13(8-10)17-6-4-12-3-1-2-5-16-12/h1-3,5,7-9,17H,4,6H2. The molecule has 1 aromatic heterocycles. The van der Waals surface area contributed by atoms with E-state index in [4.69, 9.17) is 0 Å². The second kappa shape index (κ2) is 5.39. The number of anilines is 1. The zero-order chi connectivity index (χ0) is 12.1. The van der Waals surface area contributed by atoms with E-state index in [0.29, 0.717) is 18.7 Å². The highest BCUT2D eigenvalue weighted by Crippen LogP contribution is 2.12.